The lowest BCUT2D eigenvalue weighted by atomic mass is 10.1. The largest absolute Gasteiger partial charge is 0.463 e. The number of likely N-dealkylation sites (N-methyl/N-ethyl adjacent to an activating group) is 1. The Hall–Kier alpha value is -0.970. The Bertz CT molecular complexity index is 606. The summed E-state index contributed by atoms with van der Waals surface area (Å²) in [5.74, 6) is -0.135. The molecule has 0 fully saturated rings. The van der Waals surface area contributed by atoms with Crippen molar-refractivity contribution in [2.75, 3.05) is 152 Å². The van der Waals surface area contributed by atoms with Crippen LogP contribution in [-0.2, 0) is 56.9 Å². The van der Waals surface area contributed by atoms with Crippen LogP contribution in [0.3, 0.4) is 0 Å². The molecular formula is C35H71NO12. The molecule has 0 aromatic rings. The highest BCUT2D eigenvalue weighted by Gasteiger charge is 2.03. The second kappa shape index (κ2) is 44.1. The highest BCUT2D eigenvalue weighted by atomic mass is 16.6. The lowest BCUT2D eigenvalue weighted by Gasteiger charge is -2.09. The molecule has 0 saturated heterocycles. The molecule has 0 aromatic heterocycles. The number of esters is 1. The molecule has 0 aromatic carbocycles. The summed E-state index contributed by atoms with van der Waals surface area (Å²) in [4.78, 5) is 11.8. The van der Waals surface area contributed by atoms with Crippen molar-refractivity contribution in [2.45, 2.75) is 71.1 Å². The van der Waals surface area contributed by atoms with Crippen LogP contribution < -0.4 is 5.32 Å². The Morgan fingerprint density at radius 1 is 0.375 bits per heavy atom. The Balaban J connectivity index is 3.10. The maximum atomic E-state index is 11.8. The topological polar surface area (TPSA) is 131 Å². The summed E-state index contributed by atoms with van der Waals surface area (Å²) < 4.78 is 59.8. The van der Waals surface area contributed by atoms with Gasteiger partial charge in [-0.05, 0) is 13.5 Å². The Kier molecular flexibility index (Phi) is 43.2. The van der Waals surface area contributed by atoms with Crippen LogP contribution in [0.5, 0.6) is 0 Å². The molecule has 1 N–H and O–H groups in total. The van der Waals surface area contributed by atoms with Gasteiger partial charge in [-0.15, -0.1) is 0 Å². The molecule has 48 heavy (non-hydrogen) atoms. The molecule has 0 rings (SSSR count). The molecule has 0 spiro atoms. The van der Waals surface area contributed by atoms with E-state index in [1.165, 1.54) is 44.9 Å². The number of unbranched alkanes of at least 4 members (excludes halogenated alkanes) is 8. The molecule has 0 aliphatic carbocycles. The molecule has 13 nitrogen and oxygen atoms in total. The monoisotopic (exact) mass is 697 g/mol. The van der Waals surface area contributed by atoms with Gasteiger partial charge in [-0.25, -0.2) is 0 Å². The zero-order valence-electron chi connectivity index (χ0n) is 30.5. The SMILES string of the molecule is CCCCCCCCCCCC(=O)OCCOCCOCCOCCOCCOCCOCCOCCOCCOCCOCCNC. The number of carbonyl (C=O) groups is 1. The third-order valence-electron chi connectivity index (χ3n) is 6.82. The first-order valence-corrected chi connectivity index (χ1v) is 18.4. The van der Waals surface area contributed by atoms with Gasteiger partial charge in [-0.2, -0.15) is 0 Å². The van der Waals surface area contributed by atoms with Crippen LogP contribution >= 0.6 is 0 Å². The number of rotatable bonds is 43. The lowest BCUT2D eigenvalue weighted by molar-refractivity contribution is -0.145. The van der Waals surface area contributed by atoms with E-state index >= 15 is 0 Å². The molecule has 0 heterocycles. The van der Waals surface area contributed by atoms with Crippen LogP contribution in [0.15, 0.2) is 0 Å². The summed E-state index contributed by atoms with van der Waals surface area (Å²) in [5, 5.41) is 3.02. The van der Waals surface area contributed by atoms with E-state index in [4.69, 9.17) is 52.1 Å². The van der Waals surface area contributed by atoms with E-state index in [-0.39, 0.29) is 12.6 Å². The van der Waals surface area contributed by atoms with Crippen molar-refractivity contribution in [3.05, 3.63) is 0 Å². The van der Waals surface area contributed by atoms with Crippen molar-refractivity contribution in [1.29, 1.82) is 0 Å². The third-order valence-corrected chi connectivity index (χ3v) is 6.82. The first-order valence-electron chi connectivity index (χ1n) is 18.4. The average molecular weight is 698 g/mol. The summed E-state index contributed by atoms with van der Waals surface area (Å²) in [6.07, 6.45) is 11.6. The maximum absolute atomic E-state index is 11.8. The Morgan fingerprint density at radius 3 is 0.958 bits per heavy atom. The summed E-state index contributed by atoms with van der Waals surface area (Å²) in [6.45, 7) is 13.7. The number of nitrogens with one attached hydrogen (secondary N) is 1. The molecule has 0 bridgehead atoms. The van der Waals surface area contributed by atoms with Gasteiger partial charge in [0.05, 0.1) is 132 Å². The van der Waals surface area contributed by atoms with E-state index in [0.29, 0.717) is 139 Å². The van der Waals surface area contributed by atoms with Crippen LogP contribution in [0.25, 0.3) is 0 Å². The Labute approximate surface area is 291 Å². The van der Waals surface area contributed by atoms with Crippen LogP contribution in [0.2, 0.25) is 0 Å². The molecule has 0 atom stereocenters. The zero-order valence-corrected chi connectivity index (χ0v) is 30.5. The smallest absolute Gasteiger partial charge is 0.305 e. The minimum atomic E-state index is -0.135. The predicted molar refractivity (Wildman–Crippen MR) is 185 cm³/mol. The molecule has 0 aliphatic rings. The van der Waals surface area contributed by atoms with Crippen LogP contribution in [0.1, 0.15) is 71.1 Å². The van der Waals surface area contributed by atoms with Crippen molar-refractivity contribution in [1.82, 2.24) is 5.32 Å². The van der Waals surface area contributed by atoms with Gasteiger partial charge in [-0.1, -0.05) is 58.3 Å². The second-order valence-corrected chi connectivity index (χ2v) is 11.0. The van der Waals surface area contributed by atoms with Gasteiger partial charge in [0.2, 0.25) is 0 Å². The normalized spacial score (nSPS) is 11.5. The predicted octanol–water partition coefficient (Wildman–Crippen LogP) is 3.84. The third kappa shape index (κ3) is 43.1. The van der Waals surface area contributed by atoms with Crippen molar-refractivity contribution >= 4 is 5.97 Å². The summed E-state index contributed by atoms with van der Waals surface area (Å²) >= 11 is 0. The Morgan fingerprint density at radius 2 is 0.646 bits per heavy atom. The fourth-order valence-corrected chi connectivity index (χ4v) is 4.12. The van der Waals surface area contributed by atoms with Crippen LogP contribution in [-0.4, -0.2) is 158 Å². The van der Waals surface area contributed by atoms with Gasteiger partial charge in [0, 0.05) is 13.0 Å². The molecule has 13 heteroatoms. The summed E-state index contributed by atoms with van der Waals surface area (Å²) in [5.41, 5.74) is 0. The number of ether oxygens (including phenoxy) is 11. The van der Waals surface area contributed by atoms with Crippen molar-refractivity contribution in [3.63, 3.8) is 0 Å². The van der Waals surface area contributed by atoms with Gasteiger partial charge < -0.3 is 57.4 Å². The first kappa shape index (κ1) is 47.0. The summed E-state index contributed by atoms with van der Waals surface area (Å²) in [6, 6.07) is 0. The fraction of sp³-hybridized carbons (Fsp3) is 0.971. The molecule has 0 amide bonds. The molecular weight excluding hydrogens is 626 g/mol. The van der Waals surface area contributed by atoms with Crippen molar-refractivity contribution in [3.8, 4) is 0 Å². The quantitative estimate of drug-likeness (QED) is 0.0733. The van der Waals surface area contributed by atoms with E-state index in [0.717, 1.165) is 19.4 Å². The van der Waals surface area contributed by atoms with E-state index in [9.17, 15) is 4.79 Å². The molecule has 0 saturated carbocycles. The van der Waals surface area contributed by atoms with Gasteiger partial charge in [0.15, 0.2) is 0 Å². The average Bonchev–Trinajstić information content (AvgIpc) is 3.09. The van der Waals surface area contributed by atoms with E-state index in [1.54, 1.807) is 0 Å². The van der Waals surface area contributed by atoms with Gasteiger partial charge in [-0.3, -0.25) is 4.79 Å². The van der Waals surface area contributed by atoms with E-state index in [2.05, 4.69) is 12.2 Å². The molecule has 288 valence electrons. The highest BCUT2D eigenvalue weighted by Crippen LogP contribution is 2.10. The van der Waals surface area contributed by atoms with Gasteiger partial charge in [0.1, 0.15) is 6.61 Å². The standard InChI is InChI=1S/C35H71NO12/c1-3-4-5-6-7-8-9-10-11-12-35(37)48-34-33-47-32-31-46-30-29-45-28-27-44-26-25-43-24-23-42-22-21-41-20-19-40-18-17-39-16-15-38-14-13-36-2/h36H,3-34H2,1-2H3. The first-order chi connectivity index (χ1) is 23.8. The highest BCUT2D eigenvalue weighted by molar-refractivity contribution is 5.69. The van der Waals surface area contributed by atoms with Crippen LogP contribution in [0, 0.1) is 0 Å². The van der Waals surface area contributed by atoms with Crippen molar-refractivity contribution in [2.24, 2.45) is 0 Å². The number of hydrogen-bond acceptors (Lipinski definition) is 13. The summed E-state index contributed by atoms with van der Waals surface area (Å²) in [7, 11) is 1.90. The van der Waals surface area contributed by atoms with Gasteiger partial charge in [0.25, 0.3) is 0 Å². The number of hydrogen-bond donors (Lipinski definition) is 1. The van der Waals surface area contributed by atoms with Crippen molar-refractivity contribution < 1.29 is 56.9 Å². The lowest BCUT2D eigenvalue weighted by Crippen LogP contribution is -2.17. The van der Waals surface area contributed by atoms with Crippen LogP contribution in [0.4, 0.5) is 0 Å². The minimum Gasteiger partial charge on any atom is -0.463 e. The zero-order chi connectivity index (χ0) is 34.7. The molecule has 0 unspecified atom stereocenters. The van der Waals surface area contributed by atoms with E-state index < -0.39 is 0 Å². The fourth-order valence-electron chi connectivity index (χ4n) is 4.12. The number of carbonyl (C=O) groups excluding carboxylic acids is 1. The maximum Gasteiger partial charge on any atom is 0.305 e. The minimum absolute atomic E-state index is 0.135. The molecule has 0 aliphatic heterocycles. The van der Waals surface area contributed by atoms with E-state index in [1.807, 2.05) is 7.05 Å². The molecule has 0 radical (unpaired) electrons. The van der Waals surface area contributed by atoms with Gasteiger partial charge >= 0.3 is 5.97 Å². The second-order valence-electron chi connectivity index (χ2n) is 11.0.